The minimum Gasteiger partial charge on any atom is -0.367 e. The maximum atomic E-state index is 8.91. The summed E-state index contributed by atoms with van der Waals surface area (Å²) >= 11 is 3.47. The van der Waals surface area contributed by atoms with Crippen LogP contribution in [0.2, 0.25) is 0 Å². The quantitative estimate of drug-likeness (QED) is 0.889. The Morgan fingerprint density at radius 3 is 2.61 bits per heavy atom. The van der Waals surface area contributed by atoms with E-state index >= 15 is 0 Å². The summed E-state index contributed by atoms with van der Waals surface area (Å²) in [4.78, 5) is 6.78. The maximum absolute atomic E-state index is 8.91. The first-order valence-corrected chi connectivity index (χ1v) is 8.63. The molecule has 2 heterocycles. The molecule has 1 aromatic heterocycles. The molecule has 3 rings (SSSR count). The molecule has 0 aliphatic carbocycles. The molecular formula is C18H19BrN4. The normalized spacial score (nSPS) is 16.0. The molecule has 0 radical (unpaired) electrons. The Kier molecular flexibility index (Phi) is 5.27. The van der Waals surface area contributed by atoms with E-state index in [0.717, 1.165) is 42.8 Å². The van der Waals surface area contributed by atoms with E-state index in [1.807, 2.05) is 12.1 Å². The lowest BCUT2D eigenvalue weighted by Crippen LogP contribution is -2.38. The van der Waals surface area contributed by atoms with Gasteiger partial charge in [-0.1, -0.05) is 34.1 Å². The highest BCUT2D eigenvalue weighted by Crippen LogP contribution is 2.18. The Morgan fingerprint density at radius 1 is 1.17 bits per heavy atom. The van der Waals surface area contributed by atoms with Crippen molar-refractivity contribution in [2.45, 2.75) is 25.4 Å². The fraction of sp³-hybridized carbons (Fsp3) is 0.333. The highest BCUT2D eigenvalue weighted by atomic mass is 79.9. The van der Waals surface area contributed by atoms with Crippen molar-refractivity contribution >= 4 is 21.7 Å². The predicted octanol–water partition coefficient (Wildman–Crippen LogP) is 3.79. The summed E-state index contributed by atoms with van der Waals surface area (Å²) in [6.45, 7) is 3.15. The van der Waals surface area contributed by atoms with Crippen LogP contribution in [0.5, 0.6) is 0 Å². The van der Waals surface area contributed by atoms with Crippen molar-refractivity contribution in [2.24, 2.45) is 0 Å². The number of anilines is 1. The number of piperidine rings is 1. The van der Waals surface area contributed by atoms with Crippen LogP contribution < -0.4 is 5.32 Å². The number of benzene rings is 1. The van der Waals surface area contributed by atoms with Crippen molar-refractivity contribution in [3.63, 3.8) is 0 Å². The van der Waals surface area contributed by atoms with E-state index in [2.05, 4.69) is 61.5 Å². The van der Waals surface area contributed by atoms with Crippen LogP contribution in [0.25, 0.3) is 0 Å². The lowest BCUT2D eigenvalue weighted by molar-refractivity contribution is 0.211. The Labute approximate surface area is 145 Å². The van der Waals surface area contributed by atoms with E-state index in [0.29, 0.717) is 11.7 Å². The summed E-state index contributed by atoms with van der Waals surface area (Å²) in [7, 11) is 0. The van der Waals surface area contributed by atoms with Gasteiger partial charge in [0.2, 0.25) is 0 Å². The molecule has 0 saturated carbocycles. The zero-order valence-corrected chi connectivity index (χ0v) is 14.5. The van der Waals surface area contributed by atoms with Gasteiger partial charge in [-0.2, -0.15) is 5.26 Å². The summed E-state index contributed by atoms with van der Waals surface area (Å²) in [6.07, 6.45) is 2.18. The number of nitrogens with zero attached hydrogens (tertiary/aromatic N) is 3. The van der Waals surface area contributed by atoms with Gasteiger partial charge < -0.3 is 5.32 Å². The van der Waals surface area contributed by atoms with Crippen LogP contribution in [0, 0.1) is 11.3 Å². The maximum Gasteiger partial charge on any atom is 0.142 e. The summed E-state index contributed by atoms with van der Waals surface area (Å²) in [5.41, 5.74) is 1.81. The van der Waals surface area contributed by atoms with Crippen molar-refractivity contribution < 1.29 is 0 Å². The molecular weight excluding hydrogens is 352 g/mol. The number of hydrogen-bond acceptors (Lipinski definition) is 4. The van der Waals surface area contributed by atoms with Crippen LogP contribution in [-0.4, -0.2) is 29.0 Å². The number of nitriles is 1. The predicted molar refractivity (Wildman–Crippen MR) is 95.0 cm³/mol. The minimum atomic E-state index is 0.428. The highest BCUT2D eigenvalue weighted by molar-refractivity contribution is 9.10. The molecule has 0 unspecified atom stereocenters. The van der Waals surface area contributed by atoms with Gasteiger partial charge in [0.25, 0.3) is 0 Å². The summed E-state index contributed by atoms with van der Waals surface area (Å²) in [6, 6.07) is 16.6. The molecule has 1 aliphatic heterocycles. The zero-order chi connectivity index (χ0) is 16.1. The topological polar surface area (TPSA) is 52.0 Å². The van der Waals surface area contributed by atoms with Crippen LogP contribution in [-0.2, 0) is 6.54 Å². The Morgan fingerprint density at radius 2 is 1.91 bits per heavy atom. The first kappa shape index (κ1) is 16.0. The molecule has 0 bridgehead atoms. The van der Waals surface area contributed by atoms with Gasteiger partial charge in [0.1, 0.15) is 17.6 Å². The fourth-order valence-corrected chi connectivity index (χ4v) is 3.13. The second kappa shape index (κ2) is 7.58. The van der Waals surface area contributed by atoms with E-state index in [1.165, 1.54) is 5.56 Å². The van der Waals surface area contributed by atoms with Gasteiger partial charge in [0.15, 0.2) is 0 Å². The van der Waals surface area contributed by atoms with Crippen LogP contribution in [0.15, 0.2) is 46.9 Å². The monoisotopic (exact) mass is 370 g/mol. The van der Waals surface area contributed by atoms with E-state index in [1.54, 1.807) is 6.07 Å². The third-order valence-electron chi connectivity index (χ3n) is 4.12. The molecule has 1 aromatic carbocycles. The van der Waals surface area contributed by atoms with Gasteiger partial charge >= 0.3 is 0 Å². The number of halogens is 1. The van der Waals surface area contributed by atoms with E-state index in [9.17, 15) is 0 Å². The smallest absolute Gasteiger partial charge is 0.142 e. The molecule has 0 amide bonds. The molecule has 1 saturated heterocycles. The second-order valence-electron chi connectivity index (χ2n) is 5.84. The lowest BCUT2D eigenvalue weighted by atomic mass is 10.0. The van der Waals surface area contributed by atoms with Gasteiger partial charge in [-0.15, -0.1) is 0 Å². The lowest BCUT2D eigenvalue weighted by Gasteiger charge is -2.32. The van der Waals surface area contributed by atoms with Crippen molar-refractivity contribution in [3.8, 4) is 6.07 Å². The van der Waals surface area contributed by atoms with Crippen molar-refractivity contribution in [3.05, 3.63) is 58.2 Å². The number of rotatable bonds is 4. The van der Waals surface area contributed by atoms with Crippen molar-refractivity contribution in [1.29, 1.82) is 5.26 Å². The summed E-state index contributed by atoms with van der Waals surface area (Å²) < 4.78 is 1.12. The molecule has 1 fully saturated rings. The van der Waals surface area contributed by atoms with Gasteiger partial charge in [-0.3, -0.25) is 4.90 Å². The Balaban J connectivity index is 1.50. The van der Waals surface area contributed by atoms with Gasteiger partial charge in [-0.05, 0) is 42.7 Å². The molecule has 118 valence electrons. The minimum absolute atomic E-state index is 0.428. The Hall–Kier alpha value is -1.90. The zero-order valence-electron chi connectivity index (χ0n) is 12.9. The van der Waals surface area contributed by atoms with E-state index < -0.39 is 0 Å². The van der Waals surface area contributed by atoms with Gasteiger partial charge in [-0.25, -0.2) is 4.98 Å². The first-order valence-electron chi connectivity index (χ1n) is 7.83. The molecule has 1 aliphatic rings. The Bertz CT molecular complexity index is 685. The van der Waals surface area contributed by atoms with Crippen molar-refractivity contribution in [1.82, 2.24) is 9.88 Å². The average Bonchev–Trinajstić information content (AvgIpc) is 2.59. The number of nitrogens with one attached hydrogen (secondary N) is 1. The largest absolute Gasteiger partial charge is 0.367 e. The number of aromatic nitrogens is 1. The van der Waals surface area contributed by atoms with Crippen LogP contribution in [0.1, 0.15) is 24.1 Å². The van der Waals surface area contributed by atoms with Crippen LogP contribution in [0.3, 0.4) is 0 Å². The number of pyridine rings is 1. The molecule has 2 aromatic rings. The van der Waals surface area contributed by atoms with Crippen LogP contribution >= 0.6 is 15.9 Å². The third-order valence-corrected chi connectivity index (χ3v) is 4.65. The molecule has 5 heteroatoms. The molecule has 0 spiro atoms. The van der Waals surface area contributed by atoms with E-state index in [-0.39, 0.29) is 0 Å². The van der Waals surface area contributed by atoms with Crippen LogP contribution in [0.4, 0.5) is 5.82 Å². The highest BCUT2D eigenvalue weighted by Gasteiger charge is 2.19. The van der Waals surface area contributed by atoms with Gasteiger partial charge in [0.05, 0.1) is 0 Å². The number of likely N-dealkylation sites (tertiary alicyclic amines) is 1. The molecule has 1 N–H and O–H groups in total. The van der Waals surface area contributed by atoms with E-state index in [4.69, 9.17) is 5.26 Å². The molecule has 0 atom stereocenters. The number of hydrogen-bond donors (Lipinski definition) is 1. The standard InChI is InChI=1S/C18H19BrN4/c19-15-6-4-14(5-7-15)13-23-10-8-16(9-11-23)21-18-3-1-2-17(12-20)22-18/h1-7,16H,8-11,13H2,(H,21,22). The molecule has 4 nitrogen and oxygen atoms in total. The third kappa shape index (κ3) is 4.54. The van der Waals surface area contributed by atoms with Crippen molar-refractivity contribution in [2.75, 3.05) is 18.4 Å². The molecule has 23 heavy (non-hydrogen) atoms. The first-order chi connectivity index (χ1) is 11.2. The fourth-order valence-electron chi connectivity index (χ4n) is 2.87. The summed E-state index contributed by atoms with van der Waals surface area (Å²) in [5.74, 6) is 0.801. The second-order valence-corrected chi connectivity index (χ2v) is 6.76. The average molecular weight is 371 g/mol. The SMILES string of the molecule is N#Cc1cccc(NC2CCN(Cc3ccc(Br)cc3)CC2)n1. The summed E-state index contributed by atoms with van der Waals surface area (Å²) in [5, 5.41) is 12.4. The van der Waals surface area contributed by atoms with Gasteiger partial charge in [0, 0.05) is 30.1 Å².